The molecular formula is C24H13BrN6. The van der Waals surface area contributed by atoms with Crippen LogP contribution in [-0.2, 0) is 0 Å². The molecule has 0 aliphatic carbocycles. The second-order valence-electron chi connectivity index (χ2n) is 7.17. The van der Waals surface area contributed by atoms with Crippen molar-refractivity contribution in [1.82, 2.24) is 24.4 Å². The topological polar surface area (TPSA) is 71.8 Å². The first kappa shape index (κ1) is 17.8. The molecule has 146 valence electrons. The van der Waals surface area contributed by atoms with Crippen LogP contribution in [0.25, 0.3) is 44.5 Å². The number of imidazole rings is 1. The highest BCUT2D eigenvalue weighted by atomic mass is 79.9. The lowest BCUT2D eigenvalue weighted by Crippen LogP contribution is -2.04. The highest BCUT2D eigenvalue weighted by Gasteiger charge is 2.20. The largest absolute Gasteiger partial charge is 0.291 e. The number of hydrogen-bond acceptors (Lipinski definition) is 4. The number of para-hydroxylation sites is 3. The number of rotatable bonds is 2. The van der Waals surface area contributed by atoms with Crippen molar-refractivity contribution < 1.29 is 0 Å². The van der Waals surface area contributed by atoms with Gasteiger partial charge in [0, 0.05) is 15.4 Å². The fourth-order valence-corrected chi connectivity index (χ4v) is 4.28. The zero-order chi connectivity index (χ0) is 20.9. The fraction of sp³-hybridized carbons (Fsp3) is 0. The van der Waals surface area contributed by atoms with E-state index in [4.69, 9.17) is 4.98 Å². The van der Waals surface area contributed by atoms with E-state index in [9.17, 15) is 5.26 Å². The minimum atomic E-state index is 0.460. The van der Waals surface area contributed by atoms with Crippen molar-refractivity contribution in [2.45, 2.75) is 0 Å². The molecule has 31 heavy (non-hydrogen) atoms. The average molecular weight is 465 g/mol. The zero-order valence-corrected chi connectivity index (χ0v) is 17.7. The maximum absolute atomic E-state index is 10.1. The number of aromatic nitrogens is 5. The van der Waals surface area contributed by atoms with Gasteiger partial charge < -0.3 is 0 Å². The number of nitrogens with zero attached hydrogens (tertiary/aromatic N) is 6. The van der Waals surface area contributed by atoms with Crippen molar-refractivity contribution in [2.75, 3.05) is 0 Å². The minimum Gasteiger partial charge on any atom is -0.291 e. The van der Waals surface area contributed by atoms with Gasteiger partial charge in [0.05, 0.1) is 28.4 Å². The van der Waals surface area contributed by atoms with Crippen molar-refractivity contribution in [3.05, 3.63) is 89.0 Å². The fourth-order valence-electron chi connectivity index (χ4n) is 4.01. The first-order chi connectivity index (χ1) is 15.2. The van der Waals surface area contributed by atoms with E-state index >= 15 is 0 Å². The molecule has 6 nitrogen and oxygen atoms in total. The normalized spacial score (nSPS) is 11.4. The van der Waals surface area contributed by atoms with Crippen LogP contribution >= 0.6 is 15.9 Å². The molecule has 0 aliphatic heterocycles. The summed E-state index contributed by atoms with van der Waals surface area (Å²) in [6.07, 6.45) is 1.85. The highest BCUT2D eigenvalue weighted by molar-refractivity contribution is 9.10. The van der Waals surface area contributed by atoms with Gasteiger partial charge >= 0.3 is 0 Å². The molecule has 0 radical (unpaired) electrons. The first-order valence-corrected chi connectivity index (χ1v) is 10.4. The Morgan fingerprint density at radius 1 is 0.871 bits per heavy atom. The molecule has 7 heteroatoms. The molecule has 0 atom stereocenters. The Labute approximate surface area is 185 Å². The lowest BCUT2D eigenvalue weighted by molar-refractivity contribution is 0.806. The number of pyridine rings is 1. The van der Waals surface area contributed by atoms with Crippen LogP contribution in [0.4, 0.5) is 0 Å². The van der Waals surface area contributed by atoms with Gasteiger partial charge in [-0.05, 0) is 30.3 Å². The molecule has 0 saturated carbocycles. The standard InChI is InChI=1S/C24H13BrN6/c25-16-11-9-15(10-12-16)20-14-30(29-28-20)23-17-5-1-3-7-21(17)31-22-8-4-2-6-19(22)27-24(31)18(23)13-26/h1-12,14H. The minimum absolute atomic E-state index is 0.460. The smallest absolute Gasteiger partial charge is 0.158 e. The van der Waals surface area contributed by atoms with E-state index < -0.39 is 0 Å². The van der Waals surface area contributed by atoms with Crippen LogP contribution in [0.1, 0.15) is 5.56 Å². The van der Waals surface area contributed by atoms with Gasteiger partial charge in [-0.3, -0.25) is 4.40 Å². The van der Waals surface area contributed by atoms with Crippen LogP contribution in [0.5, 0.6) is 0 Å². The van der Waals surface area contributed by atoms with Crippen LogP contribution in [-0.4, -0.2) is 24.4 Å². The van der Waals surface area contributed by atoms with Crippen LogP contribution in [0, 0.1) is 11.3 Å². The van der Waals surface area contributed by atoms with E-state index in [-0.39, 0.29) is 0 Å². The Hall–Kier alpha value is -4.02. The lowest BCUT2D eigenvalue weighted by Gasteiger charge is -2.11. The summed E-state index contributed by atoms with van der Waals surface area (Å²) in [4.78, 5) is 4.77. The predicted octanol–water partition coefficient (Wildman–Crippen LogP) is 5.52. The second kappa shape index (κ2) is 6.76. The maximum atomic E-state index is 10.1. The third-order valence-electron chi connectivity index (χ3n) is 5.40. The van der Waals surface area contributed by atoms with Gasteiger partial charge in [0.1, 0.15) is 17.3 Å². The molecule has 0 bridgehead atoms. The zero-order valence-electron chi connectivity index (χ0n) is 16.1. The highest BCUT2D eigenvalue weighted by Crippen LogP contribution is 2.32. The van der Waals surface area contributed by atoms with Gasteiger partial charge in [0.25, 0.3) is 0 Å². The first-order valence-electron chi connectivity index (χ1n) is 9.65. The molecule has 0 amide bonds. The second-order valence-corrected chi connectivity index (χ2v) is 8.08. The average Bonchev–Trinajstić information content (AvgIpc) is 3.44. The Morgan fingerprint density at radius 3 is 2.42 bits per heavy atom. The number of halogens is 1. The van der Waals surface area contributed by atoms with Gasteiger partial charge in [-0.25, -0.2) is 9.67 Å². The SMILES string of the molecule is N#Cc1c(-n2cc(-c3ccc(Br)cc3)nn2)c2ccccc2n2c1nc1ccccc12. The van der Waals surface area contributed by atoms with E-state index in [1.54, 1.807) is 4.68 Å². The summed E-state index contributed by atoms with van der Waals surface area (Å²) < 4.78 is 4.72. The molecule has 0 aliphatic rings. The molecule has 0 spiro atoms. The number of benzene rings is 3. The summed E-state index contributed by atoms with van der Waals surface area (Å²) in [5.41, 5.74) is 6.19. The van der Waals surface area contributed by atoms with Gasteiger partial charge in [0.15, 0.2) is 5.65 Å². The summed E-state index contributed by atoms with van der Waals surface area (Å²) in [5.74, 6) is 0. The molecule has 6 aromatic rings. The van der Waals surface area contributed by atoms with Gasteiger partial charge in [-0.1, -0.05) is 63.6 Å². The van der Waals surface area contributed by atoms with E-state index in [1.807, 2.05) is 83.4 Å². The summed E-state index contributed by atoms with van der Waals surface area (Å²) in [7, 11) is 0. The number of nitriles is 1. The number of hydrogen-bond donors (Lipinski definition) is 0. The maximum Gasteiger partial charge on any atom is 0.158 e. The summed E-state index contributed by atoms with van der Waals surface area (Å²) in [6.45, 7) is 0. The third kappa shape index (κ3) is 2.66. The van der Waals surface area contributed by atoms with E-state index in [0.29, 0.717) is 16.9 Å². The molecule has 0 fully saturated rings. The van der Waals surface area contributed by atoms with E-state index in [1.165, 1.54) is 0 Å². The van der Waals surface area contributed by atoms with E-state index in [0.717, 1.165) is 37.7 Å². The molecule has 6 rings (SSSR count). The molecule has 0 unspecified atom stereocenters. The van der Waals surface area contributed by atoms with Crippen LogP contribution in [0.2, 0.25) is 0 Å². The molecule has 0 saturated heterocycles. The van der Waals surface area contributed by atoms with Gasteiger partial charge in [-0.15, -0.1) is 5.10 Å². The predicted molar refractivity (Wildman–Crippen MR) is 123 cm³/mol. The molecule has 3 aromatic heterocycles. The Bertz CT molecular complexity index is 1650. The van der Waals surface area contributed by atoms with Crippen molar-refractivity contribution in [3.63, 3.8) is 0 Å². The van der Waals surface area contributed by atoms with Gasteiger partial charge in [-0.2, -0.15) is 5.26 Å². The molecule has 3 aromatic carbocycles. The Balaban J connectivity index is 1.70. The van der Waals surface area contributed by atoms with Crippen molar-refractivity contribution >= 4 is 43.5 Å². The Kier molecular flexibility index (Phi) is 3.88. The van der Waals surface area contributed by atoms with Crippen LogP contribution in [0.3, 0.4) is 0 Å². The monoisotopic (exact) mass is 464 g/mol. The summed E-state index contributed by atoms with van der Waals surface area (Å²) in [5, 5.41) is 19.8. The number of fused-ring (bicyclic) bond motifs is 5. The van der Waals surface area contributed by atoms with Crippen LogP contribution < -0.4 is 0 Å². The van der Waals surface area contributed by atoms with Crippen LogP contribution in [0.15, 0.2) is 83.5 Å². The molecule has 0 N–H and O–H groups in total. The summed E-state index contributed by atoms with van der Waals surface area (Å²) in [6, 6.07) is 26.1. The third-order valence-corrected chi connectivity index (χ3v) is 5.92. The quantitative estimate of drug-likeness (QED) is 0.338. The molecule has 3 heterocycles. The van der Waals surface area contributed by atoms with Crippen molar-refractivity contribution in [1.29, 1.82) is 5.26 Å². The Morgan fingerprint density at radius 2 is 1.61 bits per heavy atom. The van der Waals surface area contributed by atoms with Crippen molar-refractivity contribution in [3.8, 4) is 23.0 Å². The summed E-state index contributed by atoms with van der Waals surface area (Å²) >= 11 is 3.46. The lowest BCUT2D eigenvalue weighted by atomic mass is 10.1. The molecular weight excluding hydrogens is 452 g/mol. The van der Waals surface area contributed by atoms with Crippen molar-refractivity contribution in [2.24, 2.45) is 0 Å². The van der Waals surface area contributed by atoms with Gasteiger partial charge in [0.2, 0.25) is 0 Å². The van der Waals surface area contributed by atoms with E-state index in [2.05, 4.69) is 32.3 Å².